The summed E-state index contributed by atoms with van der Waals surface area (Å²) < 4.78 is 7.53. The van der Waals surface area contributed by atoms with Crippen molar-refractivity contribution in [2.75, 3.05) is 30.9 Å². The maximum atomic E-state index is 13.2. The molecule has 0 fully saturated rings. The molecule has 28 heavy (non-hydrogen) atoms. The fourth-order valence-corrected chi connectivity index (χ4v) is 4.44. The Hall–Kier alpha value is -3.17. The van der Waals surface area contributed by atoms with Crippen molar-refractivity contribution >= 4 is 43.1 Å². The Morgan fingerprint density at radius 1 is 1.32 bits per heavy atom. The lowest BCUT2D eigenvalue weighted by atomic mass is 10.2. The van der Waals surface area contributed by atoms with E-state index in [4.69, 9.17) is 4.74 Å². The van der Waals surface area contributed by atoms with E-state index in [-0.39, 0.29) is 12.2 Å². The van der Waals surface area contributed by atoms with Gasteiger partial charge in [-0.05, 0) is 24.3 Å². The number of fused-ring (bicyclic) bond motifs is 4. The number of rotatable bonds is 2. The van der Waals surface area contributed by atoms with E-state index in [0.29, 0.717) is 27.3 Å². The average molecular weight is 395 g/mol. The molecule has 1 atom stereocenters. The molecule has 3 aromatic heterocycles. The minimum absolute atomic E-state index is 0.157. The SMILES string of the molecule is CN(C)c1ccnc2sc3c(=O)n(-c4ccc5c(c4)NC(O)CO5)cnc3c12. The van der Waals surface area contributed by atoms with Gasteiger partial charge in [0, 0.05) is 20.3 Å². The smallest absolute Gasteiger partial charge is 0.275 e. The number of aromatic nitrogens is 3. The van der Waals surface area contributed by atoms with Crippen molar-refractivity contribution in [1.29, 1.82) is 0 Å². The molecule has 0 aliphatic carbocycles. The molecule has 4 heterocycles. The summed E-state index contributed by atoms with van der Waals surface area (Å²) in [5.41, 5.74) is 2.76. The fraction of sp³-hybridized carbons (Fsp3) is 0.211. The molecular weight excluding hydrogens is 378 g/mol. The van der Waals surface area contributed by atoms with Crippen LogP contribution in [0.15, 0.2) is 41.6 Å². The molecule has 0 saturated carbocycles. The van der Waals surface area contributed by atoms with E-state index in [1.165, 1.54) is 22.2 Å². The van der Waals surface area contributed by atoms with E-state index in [1.54, 1.807) is 24.4 Å². The first kappa shape index (κ1) is 17.0. The predicted molar refractivity (Wildman–Crippen MR) is 110 cm³/mol. The molecule has 4 aromatic rings. The van der Waals surface area contributed by atoms with Gasteiger partial charge in [0.15, 0.2) is 6.23 Å². The Kier molecular flexibility index (Phi) is 3.74. The third-order valence-electron chi connectivity index (χ3n) is 4.70. The predicted octanol–water partition coefficient (Wildman–Crippen LogP) is 2.18. The van der Waals surface area contributed by atoms with Gasteiger partial charge >= 0.3 is 0 Å². The molecule has 1 aromatic carbocycles. The summed E-state index contributed by atoms with van der Waals surface area (Å²) in [6, 6.07) is 7.26. The molecule has 0 radical (unpaired) electrons. The zero-order valence-electron chi connectivity index (χ0n) is 15.2. The summed E-state index contributed by atoms with van der Waals surface area (Å²) in [6.07, 6.45) is 2.50. The van der Waals surface area contributed by atoms with Gasteiger partial charge in [-0.2, -0.15) is 0 Å². The lowest BCUT2D eigenvalue weighted by Crippen LogP contribution is -2.31. The topological polar surface area (TPSA) is 92.5 Å². The first-order chi connectivity index (χ1) is 13.5. The summed E-state index contributed by atoms with van der Waals surface area (Å²) in [5.74, 6) is 0.637. The van der Waals surface area contributed by atoms with Crippen LogP contribution in [0.4, 0.5) is 11.4 Å². The molecule has 0 saturated heterocycles. The molecule has 0 bridgehead atoms. The standard InChI is InChI=1S/C19H17N5O3S/c1-23(2)12-5-6-20-18-15(12)16-17(28-18)19(26)24(9-21-16)10-3-4-13-11(7-10)22-14(25)8-27-13/h3-7,9,14,22,25H,8H2,1-2H3. The number of nitrogens with zero attached hydrogens (tertiary/aromatic N) is 4. The van der Waals surface area contributed by atoms with E-state index < -0.39 is 6.23 Å². The van der Waals surface area contributed by atoms with Gasteiger partial charge in [-0.25, -0.2) is 9.97 Å². The molecule has 5 rings (SSSR count). The average Bonchev–Trinajstić information content (AvgIpc) is 3.07. The summed E-state index contributed by atoms with van der Waals surface area (Å²) in [6.45, 7) is 0.183. The molecule has 0 spiro atoms. The minimum Gasteiger partial charge on any atom is -0.487 e. The van der Waals surface area contributed by atoms with Gasteiger partial charge in [0.25, 0.3) is 5.56 Å². The number of ether oxygens (including phenoxy) is 1. The number of aliphatic hydroxyl groups is 1. The Bertz CT molecular complexity index is 1280. The number of benzene rings is 1. The first-order valence-corrected chi connectivity index (χ1v) is 9.52. The second kappa shape index (κ2) is 6.18. The van der Waals surface area contributed by atoms with Crippen LogP contribution < -0.4 is 20.5 Å². The number of anilines is 2. The van der Waals surface area contributed by atoms with Crippen molar-refractivity contribution in [2.24, 2.45) is 0 Å². The van der Waals surface area contributed by atoms with Crippen LogP contribution in [0.5, 0.6) is 5.75 Å². The highest BCUT2D eigenvalue weighted by atomic mass is 32.1. The Labute approximate surface area is 163 Å². The maximum absolute atomic E-state index is 13.2. The number of pyridine rings is 1. The van der Waals surface area contributed by atoms with Crippen LogP contribution >= 0.6 is 11.3 Å². The largest absolute Gasteiger partial charge is 0.487 e. The van der Waals surface area contributed by atoms with Gasteiger partial charge in [0.1, 0.15) is 28.2 Å². The summed E-state index contributed by atoms with van der Waals surface area (Å²) in [7, 11) is 3.91. The molecule has 2 N–H and O–H groups in total. The van der Waals surface area contributed by atoms with Crippen molar-refractivity contribution in [3.05, 3.63) is 47.1 Å². The number of nitrogens with one attached hydrogen (secondary N) is 1. The molecule has 1 unspecified atom stereocenters. The lowest BCUT2D eigenvalue weighted by Gasteiger charge is -2.24. The van der Waals surface area contributed by atoms with Crippen LogP contribution in [-0.4, -0.2) is 46.6 Å². The van der Waals surface area contributed by atoms with Crippen LogP contribution in [0.3, 0.4) is 0 Å². The fourth-order valence-electron chi connectivity index (χ4n) is 3.39. The van der Waals surface area contributed by atoms with E-state index in [1.807, 2.05) is 25.1 Å². The van der Waals surface area contributed by atoms with Crippen LogP contribution in [0.25, 0.3) is 26.1 Å². The number of aliphatic hydroxyl groups excluding tert-OH is 1. The maximum Gasteiger partial charge on any atom is 0.275 e. The zero-order valence-corrected chi connectivity index (χ0v) is 16.0. The third-order valence-corrected chi connectivity index (χ3v) is 5.78. The highest BCUT2D eigenvalue weighted by Crippen LogP contribution is 2.35. The Morgan fingerprint density at radius 3 is 3.00 bits per heavy atom. The van der Waals surface area contributed by atoms with E-state index in [0.717, 1.165) is 15.9 Å². The summed E-state index contributed by atoms with van der Waals surface area (Å²) in [5, 5.41) is 13.6. The molecule has 0 amide bonds. The number of hydrogen-bond acceptors (Lipinski definition) is 8. The number of thiophene rings is 1. The van der Waals surface area contributed by atoms with Crippen molar-refractivity contribution < 1.29 is 9.84 Å². The highest BCUT2D eigenvalue weighted by molar-refractivity contribution is 7.25. The normalized spacial score (nSPS) is 15.9. The molecule has 9 heteroatoms. The summed E-state index contributed by atoms with van der Waals surface area (Å²) in [4.78, 5) is 25.0. The van der Waals surface area contributed by atoms with Crippen molar-refractivity contribution in [1.82, 2.24) is 14.5 Å². The van der Waals surface area contributed by atoms with Crippen LogP contribution in [0.1, 0.15) is 0 Å². The molecule has 142 valence electrons. The van der Waals surface area contributed by atoms with Gasteiger partial charge in [-0.3, -0.25) is 9.36 Å². The van der Waals surface area contributed by atoms with Crippen LogP contribution in [0, 0.1) is 0 Å². The molecule has 8 nitrogen and oxygen atoms in total. The molecule has 1 aliphatic heterocycles. The van der Waals surface area contributed by atoms with Crippen LogP contribution in [0.2, 0.25) is 0 Å². The van der Waals surface area contributed by atoms with Gasteiger partial charge < -0.3 is 20.1 Å². The van der Waals surface area contributed by atoms with E-state index in [9.17, 15) is 9.90 Å². The minimum atomic E-state index is -0.779. The molecular formula is C19H17N5O3S. The first-order valence-electron chi connectivity index (χ1n) is 8.71. The molecule has 1 aliphatic rings. The van der Waals surface area contributed by atoms with Gasteiger partial charge in [-0.15, -0.1) is 11.3 Å². The van der Waals surface area contributed by atoms with Crippen molar-refractivity contribution in [3.8, 4) is 11.4 Å². The monoisotopic (exact) mass is 395 g/mol. The van der Waals surface area contributed by atoms with Crippen molar-refractivity contribution in [3.63, 3.8) is 0 Å². The second-order valence-corrected chi connectivity index (χ2v) is 7.75. The van der Waals surface area contributed by atoms with Gasteiger partial charge in [0.2, 0.25) is 0 Å². The number of hydrogen-bond donors (Lipinski definition) is 2. The van der Waals surface area contributed by atoms with Gasteiger partial charge in [0.05, 0.1) is 28.0 Å². The van der Waals surface area contributed by atoms with Crippen LogP contribution in [-0.2, 0) is 0 Å². The quantitative estimate of drug-likeness (QED) is 0.537. The highest BCUT2D eigenvalue weighted by Gasteiger charge is 2.19. The third kappa shape index (κ3) is 2.51. The Morgan fingerprint density at radius 2 is 2.18 bits per heavy atom. The Balaban J connectivity index is 1.71. The van der Waals surface area contributed by atoms with E-state index in [2.05, 4.69) is 15.3 Å². The summed E-state index contributed by atoms with van der Waals surface area (Å²) >= 11 is 1.34. The zero-order chi connectivity index (χ0) is 19.4. The second-order valence-electron chi connectivity index (χ2n) is 6.76. The lowest BCUT2D eigenvalue weighted by molar-refractivity contribution is 0.119. The van der Waals surface area contributed by atoms with E-state index >= 15 is 0 Å². The van der Waals surface area contributed by atoms with Gasteiger partial charge in [-0.1, -0.05) is 0 Å². The van der Waals surface area contributed by atoms with Crippen molar-refractivity contribution in [2.45, 2.75) is 6.23 Å².